The number of aromatic nitrogens is 5. The lowest BCUT2D eigenvalue weighted by Gasteiger charge is -2.14. The summed E-state index contributed by atoms with van der Waals surface area (Å²) in [5.41, 5.74) is 1.07. The highest BCUT2D eigenvalue weighted by Crippen LogP contribution is 2.38. The van der Waals surface area contributed by atoms with E-state index >= 15 is 0 Å². The van der Waals surface area contributed by atoms with Crippen LogP contribution in [0.1, 0.15) is 23.8 Å². The third-order valence-electron chi connectivity index (χ3n) is 3.84. The van der Waals surface area contributed by atoms with Crippen LogP contribution in [0.2, 0.25) is 0 Å². The molecule has 27 heavy (non-hydrogen) atoms. The van der Waals surface area contributed by atoms with Crippen molar-refractivity contribution in [3.05, 3.63) is 42.6 Å². The summed E-state index contributed by atoms with van der Waals surface area (Å²) >= 11 is 0. The molecule has 9 heteroatoms. The number of H-pyrrole nitrogens is 1. The Balaban J connectivity index is 1.81. The molecule has 3 aromatic rings. The van der Waals surface area contributed by atoms with Crippen molar-refractivity contribution in [2.24, 2.45) is 0 Å². The molecular weight excluding hydrogens is 350 g/mol. The van der Waals surface area contributed by atoms with Crippen LogP contribution in [0.15, 0.2) is 36.9 Å². The lowest BCUT2D eigenvalue weighted by molar-refractivity contribution is 0.0520. The summed E-state index contributed by atoms with van der Waals surface area (Å²) in [6.07, 6.45) is 6.17. The standard InChI is InChI=1S/C18H21N5O4/c1-3-26-18(24)16-15(20-22-21-16)13-6-4-7-14(25-2)17(13)27-11-5-9-23-10-8-19-12-23/h4,6-8,10,12H,3,5,9,11H2,1-2H3,(H,20,21,22). The predicted octanol–water partition coefficient (Wildman–Crippen LogP) is 2.32. The van der Waals surface area contributed by atoms with Gasteiger partial charge in [-0.1, -0.05) is 6.07 Å². The monoisotopic (exact) mass is 371 g/mol. The van der Waals surface area contributed by atoms with Crippen molar-refractivity contribution < 1.29 is 19.0 Å². The molecule has 2 heterocycles. The summed E-state index contributed by atoms with van der Waals surface area (Å²) in [5, 5.41) is 10.5. The molecule has 0 amide bonds. The average Bonchev–Trinajstić information content (AvgIpc) is 3.37. The van der Waals surface area contributed by atoms with Crippen molar-refractivity contribution in [2.75, 3.05) is 20.3 Å². The Bertz CT molecular complexity index is 876. The molecule has 1 N–H and O–H groups in total. The Kier molecular flexibility index (Phi) is 6.03. The molecule has 0 radical (unpaired) electrons. The molecule has 0 spiro atoms. The lowest BCUT2D eigenvalue weighted by atomic mass is 10.1. The molecular formula is C18H21N5O4. The molecule has 0 atom stereocenters. The Hall–Kier alpha value is -3.36. The minimum atomic E-state index is -0.546. The van der Waals surface area contributed by atoms with Gasteiger partial charge in [0.25, 0.3) is 0 Å². The quantitative estimate of drug-likeness (QED) is 0.455. The van der Waals surface area contributed by atoms with Crippen LogP contribution in [0.3, 0.4) is 0 Å². The molecule has 0 bridgehead atoms. The molecule has 0 aliphatic rings. The van der Waals surface area contributed by atoms with Crippen molar-refractivity contribution in [1.29, 1.82) is 0 Å². The Labute approximate surface area is 156 Å². The van der Waals surface area contributed by atoms with E-state index in [9.17, 15) is 4.79 Å². The Morgan fingerprint density at radius 1 is 1.30 bits per heavy atom. The summed E-state index contributed by atoms with van der Waals surface area (Å²) in [6.45, 7) is 3.22. The van der Waals surface area contributed by atoms with Gasteiger partial charge in [0.05, 0.1) is 32.2 Å². The molecule has 0 unspecified atom stereocenters. The van der Waals surface area contributed by atoms with Gasteiger partial charge in [-0.05, 0) is 25.5 Å². The van der Waals surface area contributed by atoms with E-state index in [1.165, 1.54) is 0 Å². The van der Waals surface area contributed by atoms with Crippen molar-refractivity contribution in [3.8, 4) is 22.8 Å². The first-order valence-electron chi connectivity index (χ1n) is 8.58. The second-order valence-electron chi connectivity index (χ2n) is 5.58. The number of hydrogen-bond acceptors (Lipinski definition) is 7. The second kappa shape index (κ2) is 8.84. The Morgan fingerprint density at radius 3 is 2.93 bits per heavy atom. The van der Waals surface area contributed by atoms with Crippen LogP contribution in [0, 0.1) is 0 Å². The number of carbonyl (C=O) groups is 1. The van der Waals surface area contributed by atoms with E-state index in [1.807, 2.05) is 10.8 Å². The maximum atomic E-state index is 12.1. The SMILES string of the molecule is CCOC(=O)c1n[nH]nc1-c1cccc(OC)c1OCCCn1ccnc1. The van der Waals surface area contributed by atoms with Crippen LogP contribution in [-0.4, -0.2) is 51.3 Å². The highest BCUT2D eigenvalue weighted by atomic mass is 16.5. The van der Waals surface area contributed by atoms with Gasteiger partial charge >= 0.3 is 5.97 Å². The molecule has 2 aromatic heterocycles. The second-order valence-corrected chi connectivity index (χ2v) is 5.58. The average molecular weight is 371 g/mol. The van der Waals surface area contributed by atoms with Gasteiger partial charge in [0.2, 0.25) is 0 Å². The first-order valence-corrected chi connectivity index (χ1v) is 8.58. The Morgan fingerprint density at radius 2 is 2.19 bits per heavy atom. The van der Waals surface area contributed by atoms with Crippen LogP contribution in [-0.2, 0) is 11.3 Å². The number of aromatic amines is 1. The number of imidazole rings is 1. The molecule has 0 saturated heterocycles. The van der Waals surface area contributed by atoms with E-state index in [2.05, 4.69) is 20.4 Å². The predicted molar refractivity (Wildman–Crippen MR) is 96.7 cm³/mol. The zero-order valence-corrected chi connectivity index (χ0v) is 15.2. The smallest absolute Gasteiger partial charge is 0.361 e. The highest BCUT2D eigenvalue weighted by Gasteiger charge is 2.23. The summed E-state index contributed by atoms with van der Waals surface area (Å²) in [4.78, 5) is 16.1. The molecule has 3 rings (SSSR count). The first kappa shape index (κ1) is 18.4. The van der Waals surface area contributed by atoms with Crippen molar-refractivity contribution in [1.82, 2.24) is 25.0 Å². The fraction of sp³-hybridized carbons (Fsp3) is 0.333. The third kappa shape index (κ3) is 4.25. The number of nitrogens with one attached hydrogen (secondary N) is 1. The van der Waals surface area contributed by atoms with Gasteiger partial charge in [-0.15, -0.1) is 5.10 Å². The van der Waals surface area contributed by atoms with E-state index in [-0.39, 0.29) is 12.3 Å². The number of ether oxygens (including phenoxy) is 3. The van der Waals surface area contributed by atoms with Crippen LogP contribution in [0.5, 0.6) is 11.5 Å². The number of aryl methyl sites for hydroxylation is 1. The third-order valence-corrected chi connectivity index (χ3v) is 3.84. The number of carbonyl (C=O) groups excluding carboxylic acids is 1. The summed E-state index contributed by atoms with van der Waals surface area (Å²) < 4.78 is 18.4. The zero-order valence-electron chi connectivity index (χ0n) is 15.2. The fourth-order valence-electron chi connectivity index (χ4n) is 2.61. The molecule has 0 aliphatic heterocycles. The normalized spacial score (nSPS) is 10.6. The van der Waals surface area contributed by atoms with Crippen molar-refractivity contribution in [3.63, 3.8) is 0 Å². The summed E-state index contributed by atoms with van der Waals surface area (Å²) in [5.74, 6) is 0.508. The van der Waals surface area contributed by atoms with E-state index in [0.29, 0.717) is 29.4 Å². The van der Waals surface area contributed by atoms with Crippen LogP contribution >= 0.6 is 0 Å². The van der Waals surface area contributed by atoms with E-state index in [4.69, 9.17) is 14.2 Å². The minimum absolute atomic E-state index is 0.105. The number of hydrogen-bond donors (Lipinski definition) is 1. The molecule has 142 valence electrons. The molecule has 0 saturated carbocycles. The highest BCUT2D eigenvalue weighted by molar-refractivity contribution is 5.95. The van der Waals surface area contributed by atoms with E-state index in [1.54, 1.807) is 44.8 Å². The van der Waals surface area contributed by atoms with Crippen LogP contribution in [0.25, 0.3) is 11.3 Å². The van der Waals surface area contributed by atoms with Crippen molar-refractivity contribution >= 4 is 5.97 Å². The van der Waals surface area contributed by atoms with E-state index in [0.717, 1.165) is 13.0 Å². The maximum Gasteiger partial charge on any atom is 0.361 e. The number of methoxy groups -OCH3 is 1. The van der Waals surface area contributed by atoms with Crippen LogP contribution in [0.4, 0.5) is 0 Å². The molecule has 1 aromatic carbocycles. The van der Waals surface area contributed by atoms with Gasteiger partial charge in [0, 0.05) is 18.9 Å². The van der Waals surface area contributed by atoms with Gasteiger partial charge in [-0.2, -0.15) is 10.3 Å². The summed E-state index contributed by atoms with van der Waals surface area (Å²) in [7, 11) is 1.56. The number of esters is 1. The van der Waals surface area contributed by atoms with E-state index < -0.39 is 5.97 Å². The number of para-hydroxylation sites is 1. The zero-order chi connectivity index (χ0) is 19.1. The van der Waals surface area contributed by atoms with Crippen molar-refractivity contribution in [2.45, 2.75) is 19.9 Å². The van der Waals surface area contributed by atoms with Gasteiger partial charge in [0.15, 0.2) is 17.2 Å². The van der Waals surface area contributed by atoms with Crippen LogP contribution < -0.4 is 9.47 Å². The maximum absolute atomic E-state index is 12.1. The summed E-state index contributed by atoms with van der Waals surface area (Å²) in [6, 6.07) is 5.39. The molecule has 0 aliphatic carbocycles. The minimum Gasteiger partial charge on any atom is -0.493 e. The van der Waals surface area contributed by atoms with Gasteiger partial charge in [-0.25, -0.2) is 9.78 Å². The van der Waals surface area contributed by atoms with Gasteiger partial charge < -0.3 is 18.8 Å². The fourth-order valence-corrected chi connectivity index (χ4v) is 2.61. The van der Waals surface area contributed by atoms with Gasteiger partial charge in [-0.3, -0.25) is 0 Å². The first-order chi connectivity index (χ1) is 13.2. The largest absolute Gasteiger partial charge is 0.493 e. The lowest BCUT2D eigenvalue weighted by Crippen LogP contribution is -2.08. The number of nitrogens with zero attached hydrogens (tertiary/aromatic N) is 4. The number of benzene rings is 1. The topological polar surface area (TPSA) is 104 Å². The van der Waals surface area contributed by atoms with Gasteiger partial charge in [0.1, 0.15) is 5.69 Å². The number of rotatable bonds is 9. The molecule has 0 fully saturated rings. The molecule has 9 nitrogen and oxygen atoms in total.